The summed E-state index contributed by atoms with van der Waals surface area (Å²) in [7, 11) is 0. The van der Waals surface area contributed by atoms with Crippen molar-refractivity contribution in [1.29, 1.82) is 0 Å². The molecule has 0 spiro atoms. The molecule has 22 heavy (non-hydrogen) atoms. The average Bonchev–Trinajstić information content (AvgIpc) is 2.52. The first-order valence-electron chi connectivity index (χ1n) is 7.10. The van der Waals surface area contributed by atoms with Gasteiger partial charge in [-0.1, -0.05) is 30.3 Å². The maximum atomic E-state index is 12.6. The fourth-order valence-electron chi connectivity index (χ4n) is 2.08. The van der Waals surface area contributed by atoms with E-state index in [1.54, 1.807) is 23.2 Å². The quantitative estimate of drug-likeness (QED) is 0.884. The molecule has 2 aromatic rings. The molecule has 0 aliphatic carbocycles. The molecule has 114 valence electrons. The molecule has 0 saturated carbocycles. The third-order valence-electron chi connectivity index (χ3n) is 3.29. The summed E-state index contributed by atoms with van der Waals surface area (Å²) in [6.07, 6.45) is 1.69. The largest absolute Gasteiger partial charge is 0.370 e. The van der Waals surface area contributed by atoms with Crippen LogP contribution in [-0.4, -0.2) is 28.2 Å². The summed E-state index contributed by atoms with van der Waals surface area (Å²) in [5.74, 6) is -0.578. The zero-order chi connectivity index (χ0) is 15.9. The Hall–Kier alpha value is -2.69. The van der Waals surface area contributed by atoms with E-state index >= 15 is 0 Å². The van der Waals surface area contributed by atoms with Gasteiger partial charge in [0.1, 0.15) is 0 Å². The second-order valence-electron chi connectivity index (χ2n) is 5.12. The van der Waals surface area contributed by atoms with Crippen LogP contribution in [0.3, 0.4) is 0 Å². The Kier molecular flexibility index (Phi) is 5.25. The second kappa shape index (κ2) is 7.36. The molecular formula is C17H19N3O2. The highest BCUT2D eigenvalue weighted by molar-refractivity contribution is 5.94. The summed E-state index contributed by atoms with van der Waals surface area (Å²) in [6.45, 7) is 2.58. The summed E-state index contributed by atoms with van der Waals surface area (Å²) in [6, 6.07) is 13.2. The van der Waals surface area contributed by atoms with Gasteiger partial charge >= 0.3 is 0 Å². The Balaban J connectivity index is 2.17. The van der Waals surface area contributed by atoms with Gasteiger partial charge in [-0.25, -0.2) is 0 Å². The van der Waals surface area contributed by atoms with Crippen LogP contribution < -0.4 is 5.73 Å². The number of hydrogen-bond donors (Lipinski definition) is 1. The van der Waals surface area contributed by atoms with Crippen LogP contribution in [0.4, 0.5) is 0 Å². The second-order valence-corrected chi connectivity index (χ2v) is 5.12. The highest BCUT2D eigenvalue weighted by Gasteiger charge is 2.17. The van der Waals surface area contributed by atoms with Crippen LogP contribution in [0.1, 0.15) is 28.0 Å². The first-order valence-corrected chi connectivity index (χ1v) is 7.10. The third-order valence-corrected chi connectivity index (χ3v) is 3.29. The monoisotopic (exact) mass is 297 g/mol. The number of amides is 2. The highest BCUT2D eigenvalue weighted by Crippen LogP contribution is 2.10. The molecule has 1 aromatic carbocycles. The van der Waals surface area contributed by atoms with E-state index in [2.05, 4.69) is 4.98 Å². The van der Waals surface area contributed by atoms with E-state index in [0.717, 1.165) is 11.3 Å². The molecule has 0 radical (unpaired) electrons. The van der Waals surface area contributed by atoms with Gasteiger partial charge in [0.2, 0.25) is 5.91 Å². The minimum absolute atomic E-state index is 0.137. The Bertz CT molecular complexity index is 639. The van der Waals surface area contributed by atoms with Gasteiger partial charge < -0.3 is 10.6 Å². The number of carbonyl (C=O) groups is 2. The minimum atomic E-state index is -0.423. The number of pyridine rings is 1. The zero-order valence-corrected chi connectivity index (χ0v) is 12.5. The van der Waals surface area contributed by atoms with Crippen molar-refractivity contribution in [1.82, 2.24) is 9.88 Å². The minimum Gasteiger partial charge on any atom is -0.370 e. The van der Waals surface area contributed by atoms with Gasteiger partial charge in [0.15, 0.2) is 0 Å². The number of aromatic nitrogens is 1. The fourth-order valence-corrected chi connectivity index (χ4v) is 2.08. The van der Waals surface area contributed by atoms with Crippen molar-refractivity contribution in [3.05, 3.63) is 65.5 Å². The van der Waals surface area contributed by atoms with Crippen molar-refractivity contribution in [3.63, 3.8) is 0 Å². The SMILES string of the molecule is Cc1ccc(C(=O)N(CCC(N)=O)Cc2ccccc2)cn1. The predicted octanol–water partition coefficient (Wildman–Crippen LogP) is 1.91. The maximum absolute atomic E-state index is 12.6. The van der Waals surface area contributed by atoms with Crippen LogP contribution >= 0.6 is 0 Å². The molecule has 2 amide bonds. The Morgan fingerprint density at radius 1 is 1.14 bits per heavy atom. The molecular weight excluding hydrogens is 278 g/mol. The molecule has 0 unspecified atom stereocenters. The zero-order valence-electron chi connectivity index (χ0n) is 12.5. The van der Waals surface area contributed by atoms with E-state index < -0.39 is 5.91 Å². The van der Waals surface area contributed by atoms with Gasteiger partial charge in [-0.15, -0.1) is 0 Å². The fraction of sp³-hybridized carbons (Fsp3) is 0.235. The van der Waals surface area contributed by atoms with Crippen LogP contribution in [-0.2, 0) is 11.3 Å². The lowest BCUT2D eigenvalue weighted by atomic mass is 10.1. The van der Waals surface area contributed by atoms with E-state index in [1.165, 1.54) is 0 Å². The van der Waals surface area contributed by atoms with Gasteiger partial charge in [0.05, 0.1) is 5.56 Å². The molecule has 2 N–H and O–H groups in total. The Labute approximate surface area is 129 Å². The van der Waals surface area contributed by atoms with Crippen LogP contribution in [0.15, 0.2) is 48.7 Å². The van der Waals surface area contributed by atoms with Crippen molar-refractivity contribution in [3.8, 4) is 0 Å². The third kappa shape index (κ3) is 4.41. The summed E-state index contributed by atoms with van der Waals surface area (Å²) >= 11 is 0. The maximum Gasteiger partial charge on any atom is 0.255 e. The number of aryl methyl sites for hydroxylation is 1. The first kappa shape index (κ1) is 15.7. The molecule has 2 rings (SSSR count). The smallest absolute Gasteiger partial charge is 0.255 e. The van der Waals surface area contributed by atoms with Crippen molar-refractivity contribution in [2.75, 3.05) is 6.54 Å². The average molecular weight is 297 g/mol. The van der Waals surface area contributed by atoms with E-state index in [4.69, 9.17) is 5.73 Å². The summed E-state index contributed by atoms with van der Waals surface area (Å²) in [4.78, 5) is 29.4. The normalized spacial score (nSPS) is 10.2. The number of nitrogens with zero attached hydrogens (tertiary/aromatic N) is 2. The molecule has 0 fully saturated rings. The van der Waals surface area contributed by atoms with E-state index in [0.29, 0.717) is 12.1 Å². The lowest BCUT2D eigenvalue weighted by Gasteiger charge is -2.22. The molecule has 5 heteroatoms. The molecule has 0 bridgehead atoms. The number of rotatable bonds is 6. The molecule has 0 atom stereocenters. The molecule has 1 heterocycles. The number of benzene rings is 1. The van der Waals surface area contributed by atoms with Crippen molar-refractivity contribution < 1.29 is 9.59 Å². The lowest BCUT2D eigenvalue weighted by Crippen LogP contribution is -2.33. The first-order chi connectivity index (χ1) is 10.6. The molecule has 0 saturated heterocycles. The van der Waals surface area contributed by atoms with Crippen LogP contribution in [0.25, 0.3) is 0 Å². The van der Waals surface area contributed by atoms with Crippen LogP contribution in [0, 0.1) is 6.92 Å². The summed E-state index contributed by atoms with van der Waals surface area (Å²) in [5.41, 5.74) is 7.56. The summed E-state index contributed by atoms with van der Waals surface area (Å²) < 4.78 is 0. The van der Waals surface area contributed by atoms with Crippen molar-refractivity contribution in [2.45, 2.75) is 19.9 Å². The highest BCUT2D eigenvalue weighted by atomic mass is 16.2. The number of nitrogens with two attached hydrogens (primary N) is 1. The van der Waals surface area contributed by atoms with Gasteiger partial charge in [-0.2, -0.15) is 0 Å². The lowest BCUT2D eigenvalue weighted by molar-refractivity contribution is -0.118. The topological polar surface area (TPSA) is 76.3 Å². The summed E-state index contributed by atoms with van der Waals surface area (Å²) in [5, 5.41) is 0. The molecule has 0 aliphatic rings. The van der Waals surface area contributed by atoms with E-state index in [1.807, 2.05) is 37.3 Å². The standard InChI is InChI=1S/C17H19N3O2/c1-13-7-8-15(11-19-13)17(22)20(10-9-16(18)21)12-14-5-3-2-4-6-14/h2-8,11H,9-10,12H2,1H3,(H2,18,21). The molecule has 1 aromatic heterocycles. The molecule has 0 aliphatic heterocycles. The van der Waals surface area contributed by atoms with Gasteiger partial charge in [0, 0.05) is 31.4 Å². The van der Waals surface area contributed by atoms with E-state index in [9.17, 15) is 9.59 Å². The van der Waals surface area contributed by atoms with Gasteiger partial charge in [0.25, 0.3) is 5.91 Å². The number of carbonyl (C=O) groups excluding carboxylic acids is 2. The van der Waals surface area contributed by atoms with Crippen molar-refractivity contribution in [2.24, 2.45) is 5.73 Å². The van der Waals surface area contributed by atoms with Crippen LogP contribution in [0.2, 0.25) is 0 Å². The Morgan fingerprint density at radius 2 is 1.86 bits per heavy atom. The van der Waals surface area contributed by atoms with Gasteiger partial charge in [-0.3, -0.25) is 14.6 Å². The predicted molar refractivity (Wildman–Crippen MR) is 84.0 cm³/mol. The number of primary amides is 1. The van der Waals surface area contributed by atoms with Crippen molar-refractivity contribution >= 4 is 11.8 Å². The van der Waals surface area contributed by atoms with E-state index in [-0.39, 0.29) is 18.9 Å². The Morgan fingerprint density at radius 3 is 2.45 bits per heavy atom. The molecule has 5 nitrogen and oxygen atoms in total. The number of hydrogen-bond acceptors (Lipinski definition) is 3. The van der Waals surface area contributed by atoms with Gasteiger partial charge in [-0.05, 0) is 24.6 Å². The van der Waals surface area contributed by atoms with Crippen LogP contribution in [0.5, 0.6) is 0 Å².